The molecule has 0 aliphatic carbocycles. The summed E-state index contributed by atoms with van der Waals surface area (Å²) in [4.78, 5) is 0. The average molecular weight is 454 g/mol. The maximum atomic E-state index is 7.81. The predicted octanol–water partition coefficient (Wildman–Crippen LogP) is 5.51. The van der Waals surface area contributed by atoms with Crippen molar-refractivity contribution in [2.45, 2.75) is 32.7 Å². The van der Waals surface area contributed by atoms with Crippen molar-refractivity contribution in [1.29, 1.82) is 0 Å². The van der Waals surface area contributed by atoms with Crippen LogP contribution in [0.25, 0.3) is 16.5 Å². The van der Waals surface area contributed by atoms with E-state index in [1.807, 2.05) is 20.8 Å². The number of nitrogens with one attached hydrogen (secondary N) is 1. The second kappa shape index (κ2) is 22.4. The minimum Gasteiger partial charge on any atom is -0.168 e. The van der Waals surface area contributed by atoms with Gasteiger partial charge in [0.1, 0.15) is 0 Å². The number of hydrogen-bond donors (Lipinski definition) is 1. The Morgan fingerprint density at radius 3 is 1.91 bits per heavy atom. The third-order valence-electron chi connectivity index (χ3n) is 1.71. The maximum Gasteiger partial charge on any atom is -0.0809 e. The first-order chi connectivity index (χ1) is 9.38. The van der Waals surface area contributed by atoms with Crippen LogP contribution >= 0.6 is 24.8 Å². The van der Waals surface area contributed by atoms with Gasteiger partial charge in [-0.1, -0.05) is 26.8 Å². The molecule has 0 saturated heterocycles. The van der Waals surface area contributed by atoms with Crippen molar-refractivity contribution in [3.05, 3.63) is 62.5 Å². The van der Waals surface area contributed by atoms with E-state index in [9.17, 15) is 0 Å². The predicted molar refractivity (Wildman–Crippen MR) is 107 cm³/mol. The molecule has 0 aliphatic rings. The molecule has 0 amide bonds. The third kappa shape index (κ3) is 27.6. The first-order valence-corrected chi connectivity index (χ1v) is 10.6. The third-order valence-corrected chi connectivity index (χ3v) is 1.71. The minimum atomic E-state index is -0.250. The summed E-state index contributed by atoms with van der Waals surface area (Å²) in [6.07, 6.45) is 0.625. The van der Waals surface area contributed by atoms with Crippen LogP contribution in [0.15, 0.2) is 42.5 Å². The maximum absolute atomic E-state index is 7.81. The standard InChI is InChI=1S/C9H7.C4H10N.C3H7O.CH3.2ClH.Si.Zr/c1-2-5-9-7-3-6-8(9)4-1;1-4(2,3)5;1-2-3-4;;;;;/h1-7H;5H,1-3H3;4H,1-3H2;1H3;2*1H;;/q4*-1;;;;. The molecule has 23 heavy (non-hydrogen) atoms. The van der Waals surface area contributed by atoms with Crippen molar-refractivity contribution < 1.29 is 28.4 Å². The molecule has 0 aliphatic heterocycles. The van der Waals surface area contributed by atoms with Crippen LogP contribution in [0.5, 0.6) is 0 Å². The second-order valence-electron chi connectivity index (χ2n) is 4.98. The Morgan fingerprint density at radius 2 is 1.57 bits per heavy atom. The summed E-state index contributed by atoms with van der Waals surface area (Å²) >= 11 is 1.36. The zero-order chi connectivity index (χ0) is 16.0. The molecule has 2 radical (unpaired) electrons. The van der Waals surface area contributed by atoms with Gasteiger partial charge < -0.3 is 25.2 Å². The number of halogens is 2. The fourth-order valence-corrected chi connectivity index (χ4v) is 1.07. The molecule has 0 aromatic heterocycles. The number of benzene rings is 1. The van der Waals surface area contributed by atoms with Crippen LogP contribution in [0.1, 0.15) is 27.2 Å². The van der Waals surface area contributed by atoms with Gasteiger partial charge in [0.05, 0.1) is 0 Å². The van der Waals surface area contributed by atoms with Crippen molar-refractivity contribution in [3.8, 4) is 0 Å². The Kier molecular flexibility index (Phi) is 33.8. The van der Waals surface area contributed by atoms with Gasteiger partial charge in [0.15, 0.2) is 0 Å². The van der Waals surface area contributed by atoms with Gasteiger partial charge >= 0.3 is 30.2 Å². The molecule has 0 fully saturated rings. The van der Waals surface area contributed by atoms with Gasteiger partial charge in [0.25, 0.3) is 0 Å². The van der Waals surface area contributed by atoms with Crippen LogP contribution in [0.2, 0.25) is 0 Å². The molecule has 0 atom stereocenters. The van der Waals surface area contributed by atoms with Crippen molar-refractivity contribution in [3.63, 3.8) is 0 Å². The summed E-state index contributed by atoms with van der Waals surface area (Å²) in [5.74, 6) is 0. The van der Waals surface area contributed by atoms with E-state index in [-0.39, 0.29) is 44.4 Å². The number of rotatable bonds is 1. The van der Waals surface area contributed by atoms with Crippen LogP contribution in [0.3, 0.4) is 0 Å². The van der Waals surface area contributed by atoms with Crippen molar-refractivity contribution in [2.24, 2.45) is 0 Å². The fourth-order valence-electron chi connectivity index (χ4n) is 1.07. The van der Waals surface area contributed by atoms with Gasteiger partial charge in [-0.2, -0.15) is 23.9 Å². The molecule has 6 heteroatoms. The molecule has 0 spiro atoms. The SMILES string of the molecule is CC(C)(C)[NH-].Cl.Cl.[CH2-]CCO.[CH3-].[Si]=[Zr].c1ccc2[cH-]ccc2c1. The molecular weight excluding hydrogens is 424 g/mol. The number of hydrogen-bond acceptors (Lipinski definition) is 1. The van der Waals surface area contributed by atoms with E-state index >= 15 is 0 Å². The van der Waals surface area contributed by atoms with E-state index < -0.39 is 0 Å². The van der Waals surface area contributed by atoms with Crippen LogP contribution in [0.4, 0.5) is 0 Å². The molecule has 2 aromatic rings. The van der Waals surface area contributed by atoms with Gasteiger partial charge in [-0.05, 0) is 0 Å². The summed E-state index contributed by atoms with van der Waals surface area (Å²) < 4.78 is 0. The van der Waals surface area contributed by atoms with Crippen molar-refractivity contribution in [2.75, 3.05) is 6.61 Å². The van der Waals surface area contributed by atoms with Gasteiger partial charge in [-0.3, -0.25) is 0 Å². The normalized spacial score (nSPS) is 8.04. The molecule has 0 saturated carbocycles. The quantitative estimate of drug-likeness (QED) is 0.449. The zero-order valence-electron chi connectivity index (χ0n) is 14.4. The van der Waals surface area contributed by atoms with Gasteiger partial charge in [-0.15, -0.1) is 60.0 Å². The Balaban J connectivity index is -0.0000000685. The van der Waals surface area contributed by atoms with Crippen LogP contribution in [-0.2, 0) is 23.3 Å². The van der Waals surface area contributed by atoms with E-state index in [1.54, 1.807) is 0 Å². The van der Waals surface area contributed by atoms with E-state index in [0.29, 0.717) is 6.42 Å². The van der Waals surface area contributed by atoms with E-state index in [1.165, 1.54) is 34.1 Å². The summed E-state index contributed by atoms with van der Waals surface area (Å²) in [7, 11) is 0. The monoisotopic (exact) mass is 451 g/mol. The van der Waals surface area contributed by atoms with Crippen molar-refractivity contribution >= 4 is 42.5 Å². The summed E-state index contributed by atoms with van der Waals surface area (Å²) in [5, 5.41) is 10.5. The molecule has 0 heterocycles. The van der Waals surface area contributed by atoms with E-state index in [4.69, 9.17) is 10.8 Å². The van der Waals surface area contributed by atoms with E-state index in [2.05, 4.69) is 56.3 Å². The molecule has 2 nitrogen and oxygen atoms in total. The summed E-state index contributed by atoms with van der Waals surface area (Å²) in [6, 6.07) is 14.7. The Hall–Kier alpha value is 0.430. The number of fused-ring (bicyclic) bond motifs is 1. The first-order valence-electron chi connectivity index (χ1n) is 6.39. The zero-order valence-corrected chi connectivity index (χ0v) is 19.5. The molecule has 2 rings (SSSR count). The van der Waals surface area contributed by atoms with Crippen LogP contribution < -0.4 is 0 Å². The largest absolute Gasteiger partial charge is 0.168 e. The van der Waals surface area contributed by atoms with Gasteiger partial charge in [0.2, 0.25) is 0 Å². The van der Waals surface area contributed by atoms with Crippen molar-refractivity contribution in [1.82, 2.24) is 0 Å². The molecule has 0 bridgehead atoms. The minimum absolute atomic E-state index is 0. The topological polar surface area (TPSA) is 44.0 Å². The average Bonchev–Trinajstić information content (AvgIpc) is 2.88. The molecule has 0 unspecified atom stereocenters. The smallest absolute Gasteiger partial charge is 0.0809 e. The van der Waals surface area contributed by atoms with E-state index in [0.717, 1.165) is 0 Å². The molecular formula is C17H29Cl2NOSiZr-4. The van der Waals surface area contributed by atoms with Crippen LogP contribution in [-0.4, -0.2) is 24.1 Å². The van der Waals surface area contributed by atoms with Gasteiger partial charge in [0, 0.05) is 6.61 Å². The second-order valence-corrected chi connectivity index (χ2v) is 4.98. The fraction of sp³-hybridized carbons (Fsp3) is 0.353. The molecule has 2 aromatic carbocycles. The number of aliphatic hydroxyl groups is 1. The number of aliphatic hydroxyl groups excluding tert-OH is 1. The first kappa shape index (κ1) is 34.7. The Labute approximate surface area is 172 Å². The Morgan fingerprint density at radius 1 is 1.17 bits per heavy atom. The van der Waals surface area contributed by atoms with Crippen LogP contribution in [0, 0.1) is 14.4 Å². The van der Waals surface area contributed by atoms with Gasteiger partial charge in [-0.25, -0.2) is 0 Å². The summed E-state index contributed by atoms with van der Waals surface area (Å²) in [5.41, 5.74) is 6.69. The summed E-state index contributed by atoms with van der Waals surface area (Å²) in [6.45, 7) is 12.2. The Bertz CT molecular complexity index is 409. The molecule has 2 N–H and O–H groups in total. The molecule has 134 valence electrons.